The highest BCUT2D eigenvalue weighted by Crippen LogP contribution is 2.51. The molecule has 1 saturated carbocycles. The monoisotopic (exact) mass is 340 g/mol. The molecule has 1 N–H and O–H groups in total. The van der Waals surface area contributed by atoms with E-state index >= 15 is 0 Å². The van der Waals surface area contributed by atoms with Gasteiger partial charge in [0.2, 0.25) is 5.76 Å². The second-order valence-electron chi connectivity index (χ2n) is 7.60. The summed E-state index contributed by atoms with van der Waals surface area (Å²) in [6.07, 6.45) is 2.34. The predicted octanol–water partition coefficient (Wildman–Crippen LogP) is 4.03. The summed E-state index contributed by atoms with van der Waals surface area (Å²) < 4.78 is 13.2. The first kappa shape index (κ1) is 15.8. The van der Waals surface area contributed by atoms with E-state index < -0.39 is 17.4 Å². The smallest absolute Gasteiger partial charge is 0.412 e. The van der Waals surface area contributed by atoms with Crippen LogP contribution >= 0.6 is 0 Å². The Morgan fingerprint density at radius 3 is 2.68 bits per heavy atom. The number of hydrogen-bond acceptors (Lipinski definition) is 4. The Kier molecular flexibility index (Phi) is 3.24. The van der Waals surface area contributed by atoms with Crippen LogP contribution in [0, 0.1) is 0 Å². The highest BCUT2D eigenvalue weighted by Gasteiger charge is 2.49. The van der Waals surface area contributed by atoms with Crippen molar-refractivity contribution in [1.29, 1.82) is 0 Å². The van der Waals surface area contributed by atoms with E-state index in [1.165, 1.54) is 0 Å². The molecule has 0 bridgehead atoms. The van der Waals surface area contributed by atoms with Gasteiger partial charge in [0.25, 0.3) is 0 Å². The van der Waals surface area contributed by atoms with E-state index in [0.29, 0.717) is 5.69 Å². The highest BCUT2D eigenvalue weighted by molar-refractivity contribution is 5.95. The van der Waals surface area contributed by atoms with Gasteiger partial charge in [-0.2, -0.15) is 0 Å². The number of carbonyl (C=O) groups excluding carboxylic acids is 2. The number of benzene rings is 1. The number of carbonyl (C=O) groups is 1. The second-order valence-corrected chi connectivity index (χ2v) is 7.60. The number of ether oxygens (including phenoxy) is 2. The molecule has 1 fully saturated rings. The molecular formula is C19H20N2O4. The van der Waals surface area contributed by atoms with Gasteiger partial charge in [-0.1, -0.05) is 0 Å². The zero-order valence-electron chi connectivity index (χ0n) is 14.5. The molecule has 2 heterocycles. The zero-order valence-corrected chi connectivity index (χ0v) is 14.5. The van der Waals surface area contributed by atoms with E-state index in [2.05, 4.69) is 9.88 Å². The van der Waals surface area contributed by atoms with Gasteiger partial charge in [0.1, 0.15) is 5.60 Å². The van der Waals surface area contributed by atoms with E-state index in [1.54, 1.807) is 0 Å². The van der Waals surface area contributed by atoms with E-state index in [9.17, 15) is 9.59 Å². The van der Waals surface area contributed by atoms with E-state index in [-0.39, 0.29) is 5.76 Å². The number of nitrogens with one attached hydrogen (secondary N) is 1. The summed E-state index contributed by atoms with van der Waals surface area (Å²) in [5.41, 5.74) is 1.38. The molecule has 1 aliphatic carbocycles. The van der Waals surface area contributed by atoms with Crippen LogP contribution in [0.2, 0.25) is 0 Å². The Morgan fingerprint density at radius 2 is 2.08 bits per heavy atom. The molecule has 6 heteroatoms. The van der Waals surface area contributed by atoms with Crippen LogP contribution in [0.4, 0.5) is 10.5 Å². The number of nitrogens with zero attached hydrogens (tertiary/aromatic N) is 1. The third-order valence-electron chi connectivity index (χ3n) is 4.61. The summed E-state index contributed by atoms with van der Waals surface area (Å²) >= 11 is 0. The summed E-state index contributed by atoms with van der Waals surface area (Å²) in [6.45, 7) is 5.46. The van der Waals surface area contributed by atoms with Crippen molar-refractivity contribution in [2.24, 2.45) is 0 Å². The lowest BCUT2D eigenvalue weighted by atomic mass is 9.88. The lowest BCUT2D eigenvalue weighted by Crippen LogP contribution is -2.38. The average molecular weight is 340 g/mol. The SMILES string of the molecule is CC(C)(C)OC(=O)Nc1ccc2c(c1)cc1n2C2(CCC2)OC1=C=O. The van der Waals surface area contributed by atoms with Crippen molar-refractivity contribution in [3.63, 3.8) is 0 Å². The molecule has 0 atom stereocenters. The van der Waals surface area contributed by atoms with Crippen molar-refractivity contribution in [2.45, 2.75) is 51.4 Å². The summed E-state index contributed by atoms with van der Waals surface area (Å²) in [4.78, 5) is 23.2. The highest BCUT2D eigenvalue weighted by atomic mass is 16.6. The van der Waals surface area contributed by atoms with Crippen LogP contribution in [0.25, 0.3) is 16.7 Å². The molecule has 1 spiro atoms. The zero-order chi connectivity index (χ0) is 17.8. The molecule has 6 nitrogen and oxygen atoms in total. The lowest BCUT2D eigenvalue weighted by Gasteiger charge is -2.38. The van der Waals surface area contributed by atoms with Crippen LogP contribution in [-0.4, -0.2) is 22.2 Å². The predicted molar refractivity (Wildman–Crippen MR) is 93.8 cm³/mol. The lowest BCUT2D eigenvalue weighted by molar-refractivity contribution is -0.0793. The third-order valence-corrected chi connectivity index (χ3v) is 4.61. The fourth-order valence-electron chi connectivity index (χ4n) is 3.49. The minimum absolute atomic E-state index is 0.262. The maximum atomic E-state index is 11.9. The fourth-order valence-corrected chi connectivity index (χ4v) is 3.49. The molecule has 4 rings (SSSR count). The van der Waals surface area contributed by atoms with Gasteiger partial charge in [0.05, 0.1) is 11.2 Å². The van der Waals surface area contributed by atoms with Gasteiger partial charge in [-0.3, -0.25) is 9.88 Å². The van der Waals surface area contributed by atoms with E-state index in [0.717, 1.165) is 35.9 Å². The standard InChI is InChI=1S/C19H20N2O4/c1-18(2,3)25-17(23)20-13-5-6-14-12(9-13)10-15-16(11-22)24-19(21(14)15)7-4-8-19/h5-6,9-10H,4,7-8H2,1-3H3,(H,20,23). The Morgan fingerprint density at radius 1 is 1.32 bits per heavy atom. The van der Waals surface area contributed by atoms with Gasteiger partial charge in [-0.25, -0.2) is 9.59 Å². The van der Waals surface area contributed by atoms with Gasteiger partial charge in [-0.15, -0.1) is 0 Å². The largest absolute Gasteiger partial charge is 0.455 e. The summed E-state index contributed by atoms with van der Waals surface area (Å²) in [5, 5.41) is 3.68. The van der Waals surface area contributed by atoms with E-state index in [4.69, 9.17) is 9.47 Å². The average Bonchev–Trinajstić information content (AvgIpc) is 2.98. The summed E-state index contributed by atoms with van der Waals surface area (Å²) in [7, 11) is 0. The number of amides is 1. The first-order valence-corrected chi connectivity index (χ1v) is 8.42. The number of rotatable bonds is 1. The van der Waals surface area contributed by atoms with Gasteiger partial charge >= 0.3 is 6.09 Å². The topological polar surface area (TPSA) is 69.6 Å². The third kappa shape index (κ3) is 2.50. The molecular weight excluding hydrogens is 320 g/mol. The molecule has 1 aromatic carbocycles. The number of fused-ring (bicyclic) bond motifs is 4. The second kappa shape index (κ2) is 5.14. The quantitative estimate of drug-likeness (QED) is 0.796. The minimum Gasteiger partial charge on any atom is -0.455 e. The maximum Gasteiger partial charge on any atom is 0.412 e. The van der Waals surface area contributed by atoms with Gasteiger partial charge in [-0.05, 0) is 51.5 Å². The van der Waals surface area contributed by atoms with Crippen molar-refractivity contribution in [2.75, 3.05) is 5.32 Å². The van der Waals surface area contributed by atoms with E-state index in [1.807, 2.05) is 51.0 Å². The van der Waals surface area contributed by atoms with Gasteiger partial charge in [0, 0.05) is 23.9 Å². The van der Waals surface area contributed by atoms with Crippen LogP contribution < -0.4 is 5.32 Å². The van der Waals surface area contributed by atoms with Crippen molar-refractivity contribution in [3.05, 3.63) is 30.0 Å². The molecule has 2 aliphatic rings. The summed E-state index contributed by atoms with van der Waals surface area (Å²) in [6, 6.07) is 7.54. The molecule has 130 valence electrons. The van der Waals surface area contributed by atoms with Crippen molar-refractivity contribution >= 4 is 34.4 Å². The Hall–Kier alpha value is -2.72. The van der Waals surface area contributed by atoms with Crippen LogP contribution in [-0.2, 0) is 20.0 Å². The fraction of sp³-hybridized carbons (Fsp3) is 0.421. The summed E-state index contributed by atoms with van der Waals surface area (Å²) in [5.74, 6) is 2.17. The molecule has 0 saturated heterocycles. The Labute approximate surface area is 145 Å². The van der Waals surface area contributed by atoms with Gasteiger partial charge < -0.3 is 9.47 Å². The molecule has 1 aliphatic heterocycles. The number of anilines is 1. The van der Waals surface area contributed by atoms with Crippen LogP contribution in [0.5, 0.6) is 0 Å². The van der Waals surface area contributed by atoms with Crippen molar-refractivity contribution in [1.82, 2.24) is 4.57 Å². The molecule has 0 radical (unpaired) electrons. The van der Waals surface area contributed by atoms with Crippen LogP contribution in [0.3, 0.4) is 0 Å². The van der Waals surface area contributed by atoms with Crippen LogP contribution in [0.15, 0.2) is 24.3 Å². The number of aromatic nitrogens is 1. The number of hydrogen-bond donors (Lipinski definition) is 1. The molecule has 2 aromatic rings. The first-order chi connectivity index (χ1) is 11.8. The molecule has 1 amide bonds. The normalized spacial score (nSPS) is 17.6. The maximum absolute atomic E-state index is 11.9. The van der Waals surface area contributed by atoms with Crippen LogP contribution in [0.1, 0.15) is 45.7 Å². The molecule has 0 unspecified atom stereocenters. The molecule has 1 aromatic heterocycles. The Balaban J connectivity index is 1.70. The minimum atomic E-state index is -0.552. The molecule has 25 heavy (non-hydrogen) atoms. The first-order valence-electron chi connectivity index (χ1n) is 8.42. The Bertz CT molecular complexity index is 925. The van der Waals surface area contributed by atoms with Gasteiger partial charge in [0.15, 0.2) is 11.7 Å². The van der Waals surface area contributed by atoms with Crippen molar-refractivity contribution in [3.8, 4) is 0 Å². The van der Waals surface area contributed by atoms with Crippen molar-refractivity contribution < 1.29 is 19.1 Å².